The van der Waals surface area contributed by atoms with E-state index in [1.54, 1.807) is 14.2 Å². The van der Waals surface area contributed by atoms with Gasteiger partial charge in [0.2, 0.25) is 0 Å². The summed E-state index contributed by atoms with van der Waals surface area (Å²) in [5.41, 5.74) is 6.85. The quantitative estimate of drug-likeness (QED) is 0.895. The Kier molecular flexibility index (Phi) is 3.50. The van der Waals surface area contributed by atoms with Crippen LogP contribution in [0.5, 0.6) is 11.5 Å². The SMILES string of the molecule is COc1ccc2c(c1)[C@H](N)CC(C)(C(C)OC)O2. The van der Waals surface area contributed by atoms with E-state index in [2.05, 4.69) is 0 Å². The van der Waals surface area contributed by atoms with Crippen molar-refractivity contribution < 1.29 is 14.2 Å². The van der Waals surface area contributed by atoms with E-state index in [0.29, 0.717) is 0 Å². The molecule has 0 aromatic heterocycles. The van der Waals surface area contributed by atoms with Crippen LogP contribution in [0.1, 0.15) is 31.9 Å². The van der Waals surface area contributed by atoms with Crippen LogP contribution in [-0.2, 0) is 4.74 Å². The van der Waals surface area contributed by atoms with E-state index in [9.17, 15) is 0 Å². The third-order valence-corrected chi connectivity index (χ3v) is 3.80. The van der Waals surface area contributed by atoms with Crippen molar-refractivity contribution >= 4 is 0 Å². The molecule has 1 heterocycles. The van der Waals surface area contributed by atoms with Crippen LogP contribution in [0.15, 0.2) is 18.2 Å². The molecular weight excluding hydrogens is 230 g/mol. The summed E-state index contributed by atoms with van der Waals surface area (Å²) >= 11 is 0. The number of methoxy groups -OCH3 is 2. The van der Waals surface area contributed by atoms with Crippen LogP contribution < -0.4 is 15.2 Å². The zero-order chi connectivity index (χ0) is 13.3. The second-order valence-electron chi connectivity index (χ2n) is 5.01. The van der Waals surface area contributed by atoms with E-state index in [-0.39, 0.29) is 12.1 Å². The number of hydrogen-bond acceptors (Lipinski definition) is 4. The van der Waals surface area contributed by atoms with Crippen LogP contribution in [-0.4, -0.2) is 25.9 Å². The molecule has 1 aromatic rings. The molecule has 0 fully saturated rings. The van der Waals surface area contributed by atoms with E-state index in [4.69, 9.17) is 19.9 Å². The Morgan fingerprint density at radius 3 is 2.78 bits per heavy atom. The molecule has 0 saturated heterocycles. The highest BCUT2D eigenvalue weighted by atomic mass is 16.5. The van der Waals surface area contributed by atoms with Crippen molar-refractivity contribution in [1.82, 2.24) is 0 Å². The first-order chi connectivity index (χ1) is 8.50. The van der Waals surface area contributed by atoms with E-state index in [1.165, 1.54) is 0 Å². The summed E-state index contributed by atoms with van der Waals surface area (Å²) in [6, 6.07) is 5.67. The minimum Gasteiger partial charge on any atom is -0.497 e. The number of fused-ring (bicyclic) bond motifs is 1. The summed E-state index contributed by atoms with van der Waals surface area (Å²) in [5, 5.41) is 0. The monoisotopic (exact) mass is 251 g/mol. The van der Waals surface area contributed by atoms with Crippen LogP contribution in [0.4, 0.5) is 0 Å². The molecule has 0 spiro atoms. The average molecular weight is 251 g/mol. The molecule has 2 unspecified atom stereocenters. The smallest absolute Gasteiger partial charge is 0.134 e. The van der Waals surface area contributed by atoms with Crippen LogP contribution in [0.25, 0.3) is 0 Å². The minimum atomic E-state index is -0.393. The summed E-state index contributed by atoms with van der Waals surface area (Å²) in [4.78, 5) is 0. The molecule has 0 radical (unpaired) electrons. The summed E-state index contributed by atoms with van der Waals surface area (Å²) in [6.45, 7) is 4.04. The second kappa shape index (κ2) is 4.78. The van der Waals surface area contributed by atoms with Gasteiger partial charge in [-0.3, -0.25) is 0 Å². The molecule has 4 heteroatoms. The Morgan fingerprint density at radius 2 is 2.17 bits per heavy atom. The molecule has 1 aliphatic rings. The Hall–Kier alpha value is -1.26. The third-order valence-electron chi connectivity index (χ3n) is 3.80. The highest BCUT2D eigenvalue weighted by Gasteiger charge is 2.40. The standard InChI is InChI=1S/C14H21NO3/c1-9(16-3)14(2)8-12(15)11-7-10(17-4)5-6-13(11)18-14/h5-7,9,12H,8,15H2,1-4H3/t9?,12-,14?/m1/s1. The zero-order valence-electron chi connectivity index (χ0n) is 11.4. The fourth-order valence-corrected chi connectivity index (χ4v) is 2.37. The van der Waals surface area contributed by atoms with Crippen molar-refractivity contribution in [3.63, 3.8) is 0 Å². The van der Waals surface area contributed by atoms with Gasteiger partial charge in [0, 0.05) is 25.1 Å². The van der Waals surface area contributed by atoms with Gasteiger partial charge < -0.3 is 19.9 Å². The Morgan fingerprint density at radius 1 is 1.44 bits per heavy atom. The normalized spacial score (nSPS) is 28.2. The van der Waals surface area contributed by atoms with E-state index < -0.39 is 5.60 Å². The van der Waals surface area contributed by atoms with Gasteiger partial charge in [0.15, 0.2) is 0 Å². The largest absolute Gasteiger partial charge is 0.497 e. The first kappa shape index (κ1) is 13.2. The third kappa shape index (κ3) is 2.18. The predicted octanol–water partition coefficient (Wildman–Crippen LogP) is 2.27. The number of ether oxygens (including phenoxy) is 3. The van der Waals surface area contributed by atoms with Crippen LogP contribution in [0.3, 0.4) is 0 Å². The lowest BCUT2D eigenvalue weighted by atomic mass is 9.85. The molecule has 0 bridgehead atoms. The van der Waals surface area contributed by atoms with Crippen molar-refractivity contribution in [3.05, 3.63) is 23.8 Å². The van der Waals surface area contributed by atoms with Crippen LogP contribution in [0, 0.1) is 0 Å². The second-order valence-corrected chi connectivity index (χ2v) is 5.01. The van der Waals surface area contributed by atoms with Gasteiger partial charge in [-0.05, 0) is 32.0 Å². The molecule has 18 heavy (non-hydrogen) atoms. The fourth-order valence-electron chi connectivity index (χ4n) is 2.37. The van der Waals surface area contributed by atoms with E-state index >= 15 is 0 Å². The van der Waals surface area contributed by atoms with Gasteiger partial charge in [0.1, 0.15) is 17.1 Å². The van der Waals surface area contributed by atoms with Gasteiger partial charge in [-0.15, -0.1) is 0 Å². The Bertz CT molecular complexity index is 435. The van der Waals surface area contributed by atoms with Crippen LogP contribution >= 0.6 is 0 Å². The zero-order valence-corrected chi connectivity index (χ0v) is 11.4. The molecular formula is C14H21NO3. The van der Waals surface area contributed by atoms with Crippen molar-refractivity contribution in [2.75, 3.05) is 14.2 Å². The van der Waals surface area contributed by atoms with Crippen molar-refractivity contribution in [2.24, 2.45) is 5.73 Å². The lowest BCUT2D eigenvalue weighted by Crippen LogP contribution is -2.49. The first-order valence-corrected chi connectivity index (χ1v) is 6.15. The molecule has 0 aliphatic carbocycles. The molecule has 1 aliphatic heterocycles. The van der Waals surface area contributed by atoms with E-state index in [0.717, 1.165) is 23.5 Å². The average Bonchev–Trinajstić information content (AvgIpc) is 2.37. The highest BCUT2D eigenvalue weighted by molar-refractivity contribution is 5.44. The highest BCUT2D eigenvalue weighted by Crippen LogP contribution is 2.41. The predicted molar refractivity (Wildman–Crippen MR) is 70.0 cm³/mol. The maximum Gasteiger partial charge on any atom is 0.134 e. The molecule has 1 aromatic carbocycles. The number of hydrogen-bond donors (Lipinski definition) is 1. The van der Waals surface area contributed by atoms with Gasteiger partial charge in [0.05, 0.1) is 13.2 Å². The molecule has 4 nitrogen and oxygen atoms in total. The molecule has 3 atom stereocenters. The van der Waals surface area contributed by atoms with Gasteiger partial charge in [-0.2, -0.15) is 0 Å². The van der Waals surface area contributed by atoms with E-state index in [1.807, 2.05) is 32.0 Å². The molecule has 2 rings (SSSR count). The Labute approximate surface area is 108 Å². The summed E-state index contributed by atoms with van der Waals surface area (Å²) in [6.07, 6.45) is 0.709. The number of nitrogens with two attached hydrogens (primary N) is 1. The van der Waals surface area contributed by atoms with Crippen molar-refractivity contribution in [3.8, 4) is 11.5 Å². The number of benzene rings is 1. The summed E-state index contributed by atoms with van der Waals surface area (Å²) in [5.74, 6) is 1.62. The number of rotatable bonds is 3. The maximum atomic E-state index is 6.25. The molecule has 2 N–H and O–H groups in total. The molecule has 100 valence electrons. The molecule has 0 amide bonds. The van der Waals surface area contributed by atoms with Crippen molar-refractivity contribution in [1.29, 1.82) is 0 Å². The Balaban J connectivity index is 2.35. The first-order valence-electron chi connectivity index (χ1n) is 6.15. The van der Waals surface area contributed by atoms with Gasteiger partial charge in [0.25, 0.3) is 0 Å². The minimum absolute atomic E-state index is 0.0150. The van der Waals surface area contributed by atoms with Crippen molar-refractivity contribution in [2.45, 2.75) is 38.0 Å². The van der Waals surface area contributed by atoms with Crippen LogP contribution in [0.2, 0.25) is 0 Å². The van der Waals surface area contributed by atoms with Gasteiger partial charge >= 0.3 is 0 Å². The topological polar surface area (TPSA) is 53.7 Å². The fraction of sp³-hybridized carbons (Fsp3) is 0.571. The van der Waals surface area contributed by atoms with Gasteiger partial charge in [-0.1, -0.05) is 0 Å². The summed E-state index contributed by atoms with van der Waals surface area (Å²) in [7, 11) is 3.34. The lowest BCUT2D eigenvalue weighted by Gasteiger charge is -2.41. The summed E-state index contributed by atoms with van der Waals surface area (Å²) < 4.78 is 16.7. The maximum absolute atomic E-state index is 6.25. The lowest BCUT2D eigenvalue weighted by molar-refractivity contribution is -0.0707. The molecule has 0 saturated carbocycles. The van der Waals surface area contributed by atoms with Gasteiger partial charge in [-0.25, -0.2) is 0 Å².